The highest BCUT2D eigenvalue weighted by atomic mass is 35.5. The second-order valence-electron chi connectivity index (χ2n) is 4.93. The van der Waals surface area contributed by atoms with Crippen LogP contribution in [0.5, 0.6) is 5.75 Å². The molecule has 0 unspecified atom stereocenters. The molecular formula is C16H13Cl2N3O3S. The molecule has 0 aliphatic heterocycles. The highest BCUT2D eigenvalue weighted by Crippen LogP contribution is 2.33. The van der Waals surface area contributed by atoms with E-state index in [0.717, 1.165) is 4.88 Å². The van der Waals surface area contributed by atoms with Crippen molar-refractivity contribution in [3.63, 3.8) is 0 Å². The molecule has 0 fully saturated rings. The van der Waals surface area contributed by atoms with Crippen molar-refractivity contribution in [2.75, 3.05) is 13.7 Å². The number of nitrogens with one attached hydrogen (secondary N) is 1. The zero-order valence-electron chi connectivity index (χ0n) is 13.1. The summed E-state index contributed by atoms with van der Waals surface area (Å²) in [5.74, 6) is 0.829. The van der Waals surface area contributed by atoms with Crippen molar-refractivity contribution < 1.29 is 14.1 Å². The maximum atomic E-state index is 12.4. The molecule has 0 aliphatic rings. The lowest BCUT2D eigenvalue weighted by atomic mass is 10.2. The fraction of sp³-hybridized carbons (Fsp3) is 0.188. The minimum absolute atomic E-state index is 0.196. The van der Waals surface area contributed by atoms with Crippen molar-refractivity contribution in [1.82, 2.24) is 15.5 Å². The van der Waals surface area contributed by atoms with Gasteiger partial charge in [-0.15, -0.1) is 11.3 Å². The Hall–Kier alpha value is -2.09. The number of hydrogen-bond donors (Lipinski definition) is 1. The van der Waals surface area contributed by atoms with Crippen LogP contribution in [0, 0.1) is 0 Å². The Bertz CT molecular complexity index is 881. The third-order valence-electron chi connectivity index (χ3n) is 3.32. The summed E-state index contributed by atoms with van der Waals surface area (Å²) in [6.07, 6.45) is 0.393. The highest BCUT2D eigenvalue weighted by molar-refractivity contribution is 7.13. The predicted molar refractivity (Wildman–Crippen MR) is 96.7 cm³/mol. The van der Waals surface area contributed by atoms with E-state index < -0.39 is 0 Å². The Kier molecular flexibility index (Phi) is 5.57. The van der Waals surface area contributed by atoms with Crippen LogP contribution in [0.2, 0.25) is 10.0 Å². The number of carbonyl (C=O) groups excluding carboxylic acids is 1. The number of carbonyl (C=O) groups is 1. The van der Waals surface area contributed by atoms with Crippen LogP contribution in [0.1, 0.15) is 16.2 Å². The van der Waals surface area contributed by atoms with Crippen LogP contribution in [0.15, 0.2) is 34.2 Å². The lowest BCUT2D eigenvalue weighted by Gasteiger charge is -2.11. The first-order chi connectivity index (χ1) is 12.1. The topological polar surface area (TPSA) is 77.2 Å². The molecule has 0 radical (unpaired) electrons. The minimum atomic E-state index is -0.387. The van der Waals surface area contributed by atoms with Crippen LogP contribution in [0.3, 0.4) is 0 Å². The number of amides is 1. The molecule has 1 N–H and O–H groups in total. The maximum absolute atomic E-state index is 12.4. The van der Waals surface area contributed by atoms with Gasteiger partial charge in [0.25, 0.3) is 5.91 Å². The SMILES string of the molecule is COc1c(Cl)ccc(Cl)c1C(=O)NCCc1nc(-c2cccs2)no1. The Labute approximate surface area is 157 Å². The third kappa shape index (κ3) is 3.95. The van der Waals surface area contributed by atoms with E-state index in [1.54, 1.807) is 12.1 Å². The highest BCUT2D eigenvalue weighted by Gasteiger charge is 2.19. The summed E-state index contributed by atoms with van der Waals surface area (Å²) in [6, 6.07) is 6.95. The molecule has 0 aliphatic carbocycles. The Morgan fingerprint density at radius 1 is 1.32 bits per heavy atom. The van der Waals surface area contributed by atoms with Crippen LogP contribution in [-0.4, -0.2) is 29.7 Å². The van der Waals surface area contributed by atoms with Gasteiger partial charge in [0.1, 0.15) is 5.56 Å². The second kappa shape index (κ2) is 7.86. The van der Waals surface area contributed by atoms with Gasteiger partial charge in [0.2, 0.25) is 11.7 Å². The first-order valence-corrected chi connectivity index (χ1v) is 8.90. The lowest BCUT2D eigenvalue weighted by Crippen LogP contribution is -2.26. The Morgan fingerprint density at radius 2 is 2.12 bits per heavy atom. The van der Waals surface area contributed by atoms with Gasteiger partial charge in [-0.3, -0.25) is 4.79 Å². The van der Waals surface area contributed by atoms with Gasteiger partial charge in [0, 0.05) is 13.0 Å². The van der Waals surface area contributed by atoms with Crippen molar-refractivity contribution >= 4 is 40.4 Å². The zero-order chi connectivity index (χ0) is 17.8. The number of rotatable bonds is 6. The number of methoxy groups -OCH3 is 1. The standard InChI is InChI=1S/C16H13Cl2N3O3S/c1-23-14-10(18)5-4-9(17)13(14)16(22)19-7-6-12-20-15(21-24-12)11-3-2-8-25-11/h2-5,8H,6-7H2,1H3,(H,19,22). The molecule has 25 heavy (non-hydrogen) atoms. The third-order valence-corrected chi connectivity index (χ3v) is 4.80. The second-order valence-corrected chi connectivity index (χ2v) is 6.69. The minimum Gasteiger partial charge on any atom is -0.494 e. The van der Waals surface area contributed by atoms with E-state index in [2.05, 4.69) is 15.5 Å². The molecule has 1 aromatic carbocycles. The fourth-order valence-electron chi connectivity index (χ4n) is 2.18. The van der Waals surface area contributed by atoms with Gasteiger partial charge in [0.15, 0.2) is 5.75 Å². The molecule has 130 valence electrons. The molecule has 2 heterocycles. The molecule has 6 nitrogen and oxygen atoms in total. The summed E-state index contributed by atoms with van der Waals surface area (Å²) in [4.78, 5) is 17.6. The Morgan fingerprint density at radius 3 is 2.84 bits per heavy atom. The van der Waals surface area contributed by atoms with Crippen molar-refractivity contribution in [2.24, 2.45) is 0 Å². The van der Waals surface area contributed by atoms with Crippen molar-refractivity contribution in [1.29, 1.82) is 0 Å². The molecule has 0 saturated carbocycles. The predicted octanol–water partition coefficient (Wildman–Crippen LogP) is 4.09. The van der Waals surface area contributed by atoms with Crippen LogP contribution in [-0.2, 0) is 6.42 Å². The Balaban J connectivity index is 1.63. The zero-order valence-corrected chi connectivity index (χ0v) is 15.4. The van der Waals surface area contributed by atoms with Crippen molar-refractivity contribution in [3.05, 3.63) is 51.1 Å². The number of nitrogens with zero attached hydrogens (tertiary/aromatic N) is 2. The largest absolute Gasteiger partial charge is 0.494 e. The van der Waals surface area contributed by atoms with Crippen LogP contribution >= 0.6 is 34.5 Å². The number of thiophene rings is 1. The lowest BCUT2D eigenvalue weighted by molar-refractivity contribution is 0.0950. The van der Waals surface area contributed by atoms with Gasteiger partial charge in [-0.2, -0.15) is 4.98 Å². The number of hydrogen-bond acceptors (Lipinski definition) is 6. The molecule has 0 spiro atoms. The summed E-state index contributed by atoms with van der Waals surface area (Å²) in [7, 11) is 1.43. The van der Waals surface area contributed by atoms with E-state index in [4.69, 9.17) is 32.5 Å². The van der Waals surface area contributed by atoms with Crippen molar-refractivity contribution in [3.8, 4) is 16.5 Å². The molecule has 1 amide bonds. The molecule has 0 bridgehead atoms. The number of benzene rings is 1. The smallest absolute Gasteiger partial charge is 0.256 e. The van der Waals surface area contributed by atoms with E-state index >= 15 is 0 Å². The first-order valence-electron chi connectivity index (χ1n) is 7.26. The maximum Gasteiger partial charge on any atom is 0.256 e. The molecular weight excluding hydrogens is 385 g/mol. The number of ether oxygens (including phenoxy) is 1. The van der Waals surface area contributed by atoms with Crippen LogP contribution in [0.4, 0.5) is 0 Å². The summed E-state index contributed by atoms with van der Waals surface area (Å²) >= 11 is 13.6. The number of aromatic nitrogens is 2. The van der Waals surface area contributed by atoms with E-state index in [1.807, 2.05) is 17.5 Å². The monoisotopic (exact) mass is 397 g/mol. The van der Waals surface area contributed by atoms with Gasteiger partial charge in [0.05, 0.1) is 22.0 Å². The summed E-state index contributed by atoms with van der Waals surface area (Å²) in [5, 5.41) is 9.18. The van der Waals surface area contributed by atoms with E-state index in [-0.39, 0.29) is 22.2 Å². The van der Waals surface area contributed by atoms with E-state index in [1.165, 1.54) is 18.4 Å². The van der Waals surface area contributed by atoms with Crippen LogP contribution < -0.4 is 10.1 Å². The van der Waals surface area contributed by atoms with Gasteiger partial charge >= 0.3 is 0 Å². The summed E-state index contributed by atoms with van der Waals surface area (Å²) in [6.45, 7) is 0.302. The number of halogens is 2. The first kappa shape index (κ1) is 17.7. The normalized spacial score (nSPS) is 10.7. The molecule has 3 aromatic rings. The molecule has 2 aromatic heterocycles. The molecule has 3 rings (SSSR count). The average Bonchev–Trinajstić information content (AvgIpc) is 3.27. The van der Waals surface area contributed by atoms with Crippen molar-refractivity contribution in [2.45, 2.75) is 6.42 Å². The average molecular weight is 398 g/mol. The molecule has 0 atom stereocenters. The fourth-order valence-corrected chi connectivity index (χ4v) is 3.30. The van der Waals surface area contributed by atoms with E-state index in [0.29, 0.717) is 29.7 Å². The summed E-state index contributed by atoms with van der Waals surface area (Å²) < 4.78 is 10.4. The summed E-state index contributed by atoms with van der Waals surface area (Å²) in [5.41, 5.74) is 0.196. The molecule has 0 saturated heterocycles. The van der Waals surface area contributed by atoms with Gasteiger partial charge in [-0.05, 0) is 23.6 Å². The van der Waals surface area contributed by atoms with Crippen LogP contribution in [0.25, 0.3) is 10.7 Å². The van der Waals surface area contributed by atoms with Gasteiger partial charge in [-0.25, -0.2) is 0 Å². The van der Waals surface area contributed by atoms with Gasteiger partial charge < -0.3 is 14.6 Å². The quantitative estimate of drug-likeness (QED) is 0.677. The molecule has 9 heteroatoms. The van der Waals surface area contributed by atoms with Gasteiger partial charge in [-0.1, -0.05) is 34.4 Å². The van der Waals surface area contributed by atoms with E-state index in [9.17, 15) is 4.79 Å².